The molecule has 22 heavy (non-hydrogen) atoms. The van der Waals surface area contributed by atoms with E-state index < -0.39 is 10.8 Å². The number of rotatable bonds is 4. The van der Waals surface area contributed by atoms with Gasteiger partial charge in [0.1, 0.15) is 10.4 Å². The zero-order valence-corrected chi connectivity index (χ0v) is 12.0. The van der Waals surface area contributed by atoms with Crippen molar-refractivity contribution in [3.8, 4) is 11.6 Å². The molecule has 0 aliphatic carbocycles. The van der Waals surface area contributed by atoms with Crippen LogP contribution in [0.2, 0.25) is 0 Å². The van der Waals surface area contributed by atoms with Gasteiger partial charge < -0.3 is 9.40 Å². The van der Waals surface area contributed by atoms with Crippen LogP contribution in [0.15, 0.2) is 21.3 Å². The smallest absolute Gasteiger partial charge is 0.397 e. The molecule has 9 nitrogen and oxygen atoms in total. The Kier molecular flexibility index (Phi) is 3.24. The predicted octanol–water partition coefficient (Wildman–Crippen LogP) is 1.78. The Hall–Kier alpha value is -2.97. The van der Waals surface area contributed by atoms with Gasteiger partial charge in [0, 0.05) is 7.05 Å². The highest BCUT2D eigenvalue weighted by atomic mass is 16.6. The topological polar surface area (TPSA) is 120 Å². The summed E-state index contributed by atoms with van der Waals surface area (Å²) < 4.78 is 6.57. The lowest BCUT2D eigenvalue weighted by Crippen LogP contribution is -2.12. The van der Waals surface area contributed by atoms with Crippen molar-refractivity contribution in [3.63, 3.8) is 0 Å². The number of hydrogen-bond acceptors (Lipinski definition) is 6. The molecule has 0 saturated heterocycles. The summed E-state index contributed by atoms with van der Waals surface area (Å²) in [5.41, 5.74) is 1.21. The van der Waals surface area contributed by atoms with Gasteiger partial charge in [0.25, 0.3) is 5.56 Å². The molecule has 0 spiro atoms. The fourth-order valence-electron chi connectivity index (χ4n) is 2.32. The molecule has 114 valence electrons. The predicted molar refractivity (Wildman–Crippen MR) is 77.5 cm³/mol. The quantitative estimate of drug-likeness (QED) is 0.579. The van der Waals surface area contributed by atoms with Gasteiger partial charge in [0.15, 0.2) is 17.1 Å². The highest BCUT2D eigenvalue weighted by Gasteiger charge is 2.19. The number of H-pyrrole nitrogens is 1. The minimum atomic E-state index is -0.646. The minimum Gasteiger partial charge on any atom is -0.397 e. The van der Waals surface area contributed by atoms with Crippen LogP contribution in [-0.2, 0) is 13.5 Å². The van der Waals surface area contributed by atoms with Crippen LogP contribution in [0.5, 0.6) is 0 Å². The van der Waals surface area contributed by atoms with Crippen molar-refractivity contribution in [1.82, 2.24) is 19.7 Å². The van der Waals surface area contributed by atoms with Crippen LogP contribution >= 0.6 is 0 Å². The number of aromatic amines is 1. The summed E-state index contributed by atoms with van der Waals surface area (Å²) in [6.45, 7) is 2.00. The first-order valence-corrected chi connectivity index (χ1v) is 6.71. The van der Waals surface area contributed by atoms with Crippen molar-refractivity contribution in [2.45, 2.75) is 19.8 Å². The zero-order chi connectivity index (χ0) is 15.9. The lowest BCUT2D eigenvalue weighted by molar-refractivity contribution is -0.401. The van der Waals surface area contributed by atoms with Gasteiger partial charge in [0.05, 0.1) is 11.8 Å². The molecule has 0 amide bonds. The second-order valence-electron chi connectivity index (χ2n) is 4.83. The summed E-state index contributed by atoms with van der Waals surface area (Å²) >= 11 is 0. The summed E-state index contributed by atoms with van der Waals surface area (Å²) in [6, 6.07) is 2.62. The summed E-state index contributed by atoms with van der Waals surface area (Å²) in [4.78, 5) is 29.2. The van der Waals surface area contributed by atoms with Crippen molar-refractivity contribution in [1.29, 1.82) is 0 Å². The molecule has 9 heteroatoms. The van der Waals surface area contributed by atoms with Crippen LogP contribution < -0.4 is 5.56 Å². The molecule has 0 radical (unpaired) electrons. The van der Waals surface area contributed by atoms with Gasteiger partial charge in [-0.1, -0.05) is 13.3 Å². The van der Waals surface area contributed by atoms with Crippen molar-refractivity contribution < 1.29 is 9.34 Å². The minimum absolute atomic E-state index is 0.136. The van der Waals surface area contributed by atoms with Crippen LogP contribution in [0.4, 0.5) is 5.88 Å². The average Bonchev–Trinajstić information content (AvgIpc) is 3.05. The molecule has 3 rings (SSSR count). The Balaban J connectivity index is 2.20. The molecule has 0 atom stereocenters. The SMILES string of the molecule is CCCc1nn(C)c2c(=O)[nH]c(-c3ccc([N+](=O)[O-])o3)nc12. The van der Waals surface area contributed by atoms with E-state index in [0.29, 0.717) is 23.1 Å². The molecule has 0 aliphatic rings. The molecule has 0 aromatic carbocycles. The van der Waals surface area contributed by atoms with E-state index in [9.17, 15) is 14.9 Å². The third-order valence-electron chi connectivity index (χ3n) is 3.25. The molecule has 0 aliphatic heterocycles. The molecule has 3 aromatic heterocycles. The number of nitro groups is 1. The summed E-state index contributed by atoms with van der Waals surface area (Å²) in [5.74, 6) is -0.120. The molecule has 0 fully saturated rings. The second-order valence-corrected chi connectivity index (χ2v) is 4.83. The molecular formula is C13H13N5O4. The first-order chi connectivity index (χ1) is 10.5. The van der Waals surface area contributed by atoms with E-state index in [1.807, 2.05) is 6.92 Å². The third-order valence-corrected chi connectivity index (χ3v) is 3.25. The van der Waals surface area contributed by atoms with E-state index in [1.165, 1.54) is 16.8 Å². The van der Waals surface area contributed by atoms with E-state index in [0.717, 1.165) is 6.42 Å². The number of aryl methyl sites for hydroxylation is 2. The van der Waals surface area contributed by atoms with E-state index in [4.69, 9.17) is 4.42 Å². The Bertz CT molecular complexity index is 920. The standard InChI is InChI=1S/C13H13N5O4/c1-3-4-7-10-11(17(2)16-7)13(19)15-12(14-10)8-5-6-9(22-8)18(20)21/h5-6H,3-4H2,1-2H3,(H,14,15,19). The first kappa shape index (κ1) is 14.0. The summed E-state index contributed by atoms with van der Waals surface area (Å²) in [6.07, 6.45) is 1.55. The van der Waals surface area contributed by atoms with Gasteiger partial charge in [-0.05, 0) is 12.5 Å². The second kappa shape index (κ2) is 5.10. The van der Waals surface area contributed by atoms with Crippen molar-refractivity contribution in [2.24, 2.45) is 7.05 Å². The fourth-order valence-corrected chi connectivity index (χ4v) is 2.32. The molecule has 0 bridgehead atoms. The van der Waals surface area contributed by atoms with Gasteiger partial charge in [0.2, 0.25) is 0 Å². The van der Waals surface area contributed by atoms with Crippen molar-refractivity contribution in [3.05, 3.63) is 38.3 Å². The number of aromatic nitrogens is 4. The lowest BCUT2D eigenvalue weighted by Gasteiger charge is -1.98. The summed E-state index contributed by atoms with van der Waals surface area (Å²) in [7, 11) is 1.68. The largest absolute Gasteiger partial charge is 0.433 e. The average molecular weight is 303 g/mol. The van der Waals surface area contributed by atoms with Crippen molar-refractivity contribution >= 4 is 16.9 Å². The fraction of sp³-hybridized carbons (Fsp3) is 0.308. The monoisotopic (exact) mass is 303 g/mol. The number of furan rings is 1. The van der Waals surface area contributed by atoms with Gasteiger partial charge in [-0.3, -0.25) is 19.6 Å². The van der Waals surface area contributed by atoms with Crippen LogP contribution in [0, 0.1) is 10.1 Å². The van der Waals surface area contributed by atoms with Crippen LogP contribution in [-0.4, -0.2) is 24.7 Å². The Morgan fingerprint density at radius 1 is 1.45 bits per heavy atom. The van der Waals surface area contributed by atoms with Crippen LogP contribution in [0.3, 0.4) is 0 Å². The molecule has 0 saturated carbocycles. The molecular weight excluding hydrogens is 290 g/mol. The number of nitrogens with zero attached hydrogens (tertiary/aromatic N) is 4. The maximum atomic E-state index is 12.2. The van der Waals surface area contributed by atoms with E-state index in [2.05, 4.69) is 15.1 Å². The number of nitrogens with one attached hydrogen (secondary N) is 1. The third kappa shape index (κ3) is 2.16. The maximum Gasteiger partial charge on any atom is 0.433 e. The van der Waals surface area contributed by atoms with Crippen LogP contribution in [0.25, 0.3) is 22.6 Å². The Labute approximate surface area is 123 Å². The zero-order valence-electron chi connectivity index (χ0n) is 12.0. The van der Waals surface area contributed by atoms with Gasteiger partial charge >= 0.3 is 5.88 Å². The molecule has 1 N–H and O–H groups in total. The highest BCUT2D eigenvalue weighted by molar-refractivity contribution is 5.78. The van der Waals surface area contributed by atoms with Gasteiger partial charge in [-0.25, -0.2) is 4.98 Å². The Morgan fingerprint density at radius 2 is 2.23 bits per heavy atom. The molecule has 3 aromatic rings. The Morgan fingerprint density at radius 3 is 2.86 bits per heavy atom. The van der Waals surface area contributed by atoms with Crippen LogP contribution in [0.1, 0.15) is 19.0 Å². The first-order valence-electron chi connectivity index (χ1n) is 6.71. The molecule has 0 unspecified atom stereocenters. The maximum absolute atomic E-state index is 12.2. The molecule has 3 heterocycles. The normalized spacial score (nSPS) is 11.2. The van der Waals surface area contributed by atoms with Gasteiger partial charge in [-0.2, -0.15) is 5.10 Å². The number of hydrogen-bond donors (Lipinski definition) is 1. The number of fused-ring (bicyclic) bond motifs is 1. The van der Waals surface area contributed by atoms with E-state index in [1.54, 1.807) is 7.05 Å². The lowest BCUT2D eigenvalue weighted by atomic mass is 10.2. The van der Waals surface area contributed by atoms with E-state index >= 15 is 0 Å². The highest BCUT2D eigenvalue weighted by Crippen LogP contribution is 2.24. The van der Waals surface area contributed by atoms with Crippen molar-refractivity contribution in [2.75, 3.05) is 0 Å². The summed E-state index contributed by atoms with van der Waals surface area (Å²) in [5, 5.41) is 15.0. The van der Waals surface area contributed by atoms with E-state index in [-0.39, 0.29) is 17.1 Å². The van der Waals surface area contributed by atoms with Gasteiger partial charge in [-0.15, -0.1) is 0 Å².